The van der Waals surface area contributed by atoms with Gasteiger partial charge in [0.1, 0.15) is 11.2 Å². The SMILES string of the molecule is O=c1cc2oc3ccc4ccccc4c3nc-2c2ccccc12. The average Bonchev–Trinajstić information content (AvgIpc) is 2.60. The molecule has 23 heavy (non-hydrogen) atoms. The average molecular weight is 297 g/mol. The molecule has 5 rings (SSSR count). The Morgan fingerprint density at radius 3 is 2.39 bits per heavy atom. The molecule has 1 heterocycles. The van der Waals surface area contributed by atoms with Crippen LogP contribution in [0.25, 0.3) is 44.1 Å². The van der Waals surface area contributed by atoms with Gasteiger partial charge in [0.05, 0.1) is 0 Å². The number of hydrogen-bond acceptors (Lipinski definition) is 3. The number of rotatable bonds is 0. The lowest BCUT2D eigenvalue weighted by Gasteiger charge is -2.10. The first-order valence-corrected chi connectivity index (χ1v) is 7.45. The maximum Gasteiger partial charge on any atom is 0.190 e. The van der Waals surface area contributed by atoms with Crippen molar-refractivity contribution in [2.45, 2.75) is 0 Å². The molecule has 3 nitrogen and oxygen atoms in total. The second kappa shape index (κ2) is 4.40. The maximum absolute atomic E-state index is 12.3. The molecule has 0 bridgehead atoms. The molecule has 0 amide bonds. The smallest absolute Gasteiger partial charge is 0.190 e. The molecule has 3 heteroatoms. The van der Waals surface area contributed by atoms with Gasteiger partial charge in [-0.1, -0.05) is 54.6 Å². The maximum atomic E-state index is 12.3. The Morgan fingerprint density at radius 2 is 1.52 bits per heavy atom. The Hall–Kier alpha value is -3.20. The third-order valence-corrected chi connectivity index (χ3v) is 4.25. The van der Waals surface area contributed by atoms with E-state index in [1.165, 1.54) is 6.07 Å². The molecular weight excluding hydrogens is 286 g/mol. The normalized spacial score (nSPS) is 11.7. The highest BCUT2D eigenvalue weighted by molar-refractivity contribution is 6.05. The first kappa shape index (κ1) is 12.4. The molecule has 0 saturated carbocycles. The van der Waals surface area contributed by atoms with E-state index in [2.05, 4.69) is 6.07 Å². The van der Waals surface area contributed by atoms with Crippen LogP contribution < -0.4 is 5.43 Å². The summed E-state index contributed by atoms with van der Waals surface area (Å²) in [7, 11) is 0. The van der Waals surface area contributed by atoms with E-state index in [0.717, 1.165) is 27.4 Å². The molecule has 0 unspecified atom stereocenters. The van der Waals surface area contributed by atoms with E-state index in [4.69, 9.17) is 9.40 Å². The van der Waals surface area contributed by atoms with E-state index in [-0.39, 0.29) is 5.43 Å². The third-order valence-electron chi connectivity index (χ3n) is 4.25. The van der Waals surface area contributed by atoms with Crippen LogP contribution in [0.4, 0.5) is 0 Å². The predicted molar refractivity (Wildman–Crippen MR) is 91.9 cm³/mol. The second-order valence-corrected chi connectivity index (χ2v) is 5.61. The number of fused-ring (bicyclic) bond motifs is 6. The zero-order chi connectivity index (χ0) is 15.4. The van der Waals surface area contributed by atoms with Crippen molar-refractivity contribution in [3.8, 4) is 11.5 Å². The van der Waals surface area contributed by atoms with E-state index >= 15 is 0 Å². The summed E-state index contributed by atoms with van der Waals surface area (Å²) in [5.41, 5.74) is 2.19. The van der Waals surface area contributed by atoms with Crippen molar-refractivity contribution in [2.24, 2.45) is 0 Å². The van der Waals surface area contributed by atoms with E-state index in [9.17, 15) is 4.79 Å². The summed E-state index contributed by atoms with van der Waals surface area (Å²) in [4.78, 5) is 17.1. The summed E-state index contributed by atoms with van der Waals surface area (Å²) in [5.74, 6) is 0.525. The predicted octanol–water partition coefficient (Wildman–Crippen LogP) is 4.60. The molecule has 1 aliphatic heterocycles. The van der Waals surface area contributed by atoms with Gasteiger partial charge in [-0.2, -0.15) is 0 Å². The van der Waals surface area contributed by atoms with Gasteiger partial charge >= 0.3 is 0 Å². The minimum atomic E-state index is -0.0428. The molecular formula is C20H11NO2. The lowest BCUT2D eigenvalue weighted by atomic mass is 10.0. The van der Waals surface area contributed by atoms with Crippen LogP contribution in [-0.2, 0) is 0 Å². The van der Waals surface area contributed by atoms with Crippen LogP contribution in [0.2, 0.25) is 0 Å². The van der Waals surface area contributed by atoms with Crippen molar-refractivity contribution in [1.29, 1.82) is 0 Å². The lowest BCUT2D eigenvalue weighted by Crippen LogP contribution is -2.03. The van der Waals surface area contributed by atoms with Gasteiger partial charge in [-0.3, -0.25) is 4.79 Å². The van der Waals surface area contributed by atoms with Crippen LogP contribution in [0, 0.1) is 0 Å². The molecule has 3 aromatic rings. The first-order chi connectivity index (χ1) is 11.3. The van der Waals surface area contributed by atoms with E-state index < -0.39 is 0 Å². The minimum Gasteiger partial charge on any atom is -0.453 e. The summed E-state index contributed by atoms with van der Waals surface area (Å²) >= 11 is 0. The van der Waals surface area contributed by atoms with Crippen molar-refractivity contribution in [2.75, 3.05) is 0 Å². The Balaban J connectivity index is 2.06. The van der Waals surface area contributed by atoms with Crippen molar-refractivity contribution in [1.82, 2.24) is 4.98 Å². The quantitative estimate of drug-likeness (QED) is 0.310. The molecule has 0 spiro atoms. The van der Waals surface area contributed by atoms with Gasteiger partial charge in [-0.25, -0.2) is 4.98 Å². The number of hydrogen-bond donors (Lipinski definition) is 0. The summed E-state index contributed by atoms with van der Waals surface area (Å²) in [5, 5.41) is 3.66. The zero-order valence-corrected chi connectivity index (χ0v) is 12.1. The van der Waals surface area contributed by atoms with Gasteiger partial charge < -0.3 is 4.42 Å². The van der Waals surface area contributed by atoms with Crippen LogP contribution in [0.1, 0.15) is 0 Å². The molecule has 0 N–H and O–H groups in total. The molecule has 0 atom stereocenters. The highest BCUT2D eigenvalue weighted by Crippen LogP contribution is 2.32. The topological polar surface area (TPSA) is 43.1 Å². The Labute approximate surface area is 131 Å². The van der Waals surface area contributed by atoms with E-state index in [1.54, 1.807) is 0 Å². The summed E-state index contributed by atoms with van der Waals surface area (Å²) in [6, 6.07) is 21.1. The third kappa shape index (κ3) is 1.70. The Morgan fingerprint density at radius 1 is 0.783 bits per heavy atom. The molecule has 1 aliphatic carbocycles. The fraction of sp³-hybridized carbons (Fsp3) is 0. The summed E-state index contributed by atoms with van der Waals surface area (Å²) in [6.45, 7) is 0. The Bertz CT molecular complexity index is 1240. The van der Waals surface area contributed by atoms with E-state index in [0.29, 0.717) is 16.7 Å². The van der Waals surface area contributed by atoms with Crippen molar-refractivity contribution >= 4 is 32.6 Å². The Kier molecular flexibility index (Phi) is 2.36. The monoisotopic (exact) mass is 297 g/mol. The highest BCUT2D eigenvalue weighted by Gasteiger charge is 2.16. The molecule has 0 fully saturated rings. The van der Waals surface area contributed by atoms with Crippen molar-refractivity contribution in [3.63, 3.8) is 0 Å². The fourth-order valence-electron chi connectivity index (χ4n) is 3.16. The lowest BCUT2D eigenvalue weighted by molar-refractivity contribution is 0.614. The van der Waals surface area contributed by atoms with Gasteiger partial charge in [0.25, 0.3) is 0 Å². The molecule has 3 aromatic carbocycles. The van der Waals surface area contributed by atoms with Crippen molar-refractivity contribution in [3.05, 3.63) is 77.0 Å². The van der Waals surface area contributed by atoms with Gasteiger partial charge in [0, 0.05) is 22.2 Å². The van der Waals surface area contributed by atoms with Crippen LogP contribution in [0.3, 0.4) is 0 Å². The number of nitrogens with zero attached hydrogens (tertiary/aromatic N) is 1. The molecule has 0 saturated heterocycles. The van der Waals surface area contributed by atoms with Crippen molar-refractivity contribution < 1.29 is 4.42 Å². The van der Waals surface area contributed by atoms with Gasteiger partial charge in [0.15, 0.2) is 16.8 Å². The largest absolute Gasteiger partial charge is 0.453 e. The first-order valence-electron chi connectivity index (χ1n) is 7.45. The van der Waals surface area contributed by atoms with Crippen LogP contribution in [-0.4, -0.2) is 4.98 Å². The number of benzene rings is 4. The highest BCUT2D eigenvalue weighted by atomic mass is 16.3. The van der Waals surface area contributed by atoms with Crippen LogP contribution in [0.5, 0.6) is 0 Å². The van der Waals surface area contributed by atoms with Gasteiger partial charge in [-0.05, 0) is 11.5 Å². The molecule has 2 aliphatic rings. The van der Waals surface area contributed by atoms with E-state index in [1.807, 2.05) is 54.6 Å². The molecule has 108 valence electrons. The summed E-state index contributed by atoms with van der Waals surface area (Å²) in [6.07, 6.45) is 0. The molecule has 0 aromatic heterocycles. The number of aromatic nitrogens is 1. The fourth-order valence-corrected chi connectivity index (χ4v) is 3.16. The minimum absolute atomic E-state index is 0.0428. The zero-order valence-electron chi connectivity index (χ0n) is 12.1. The van der Waals surface area contributed by atoms with Gasteiger partial charge in [0.2, 0.25) is 0 Å². The summed E-state index contributed by atoms with van der Waals surface area (Å²) < 4.78 is 5.98. The second-order valence-electron chi connectivity index (χ2n) is 5.61. The van der Waals surface area contributed by atoms with Crippen LogP contribution >= 0.6 is 0 Å². The standard InChI is InChI=1S/C20H11NO2/c22-16-11-18-20(15-8-4-3-7-14(15)16)21-19-13-6-2-1-5-12(13)9-10-17(19)23-18/h1-11H. The van der Waals surface area contributed by atoms with Gasteiger partial charge in [-0.15, -0.1) is 0 Å². The molecule has 0 radical (unpaired) electrons. The van der Waals surface area contributed by atoms with Crippen LogP contribution in [0.15, 0.2) is 75.9 Å².